The summed E-state index contributed by atoms with van der Waals surface area (Å²) in [5.41, 5.74) is 0.637. The van der Waals surface area contributed by atoms with Crippen LogP contribution in [-0.4, -0.2) is 25.6 Å². The van der Waals surface area contributed by atoms with Gasteiger partial charge in [-0.15, -0.1) is 0 Å². The Balaban J connectivity index is 2.72. The lowest BCUT2D eigenvalue weighted by Crippen LogP contribution is -2.06. The van der Waals surface area contributed by atoms with Crippen LogP contribution in [0.3, 0.4) is 0 Å². The molecule has 0 unspecified atom stereocenters. The molecule has 0 atom stereocenters. The highest BCUT2D eigenvalue weighted by molar-refractivity contribution is 5.88. The van der Waals surface area contributed by atoms with Crippen LogP contribution in [0.1, 0.15) is 11.7 Å². The Morgan fingerprint density at radius 3 is 2.87 bits per heavy atom. The van der Waals surface area contributed by atoms with Gasteiger partial charge in [0.1, 0.15) is 17.2 Å². The minimum absolute atomic E-state index is 0.162. The van der Waals surface area contributed by atoms with Crippen molar-refractivity contribution in [2.45, 2.75) is 6.92 Å². The second-order valence-electron chi connectivity index (χ2n) is 2.93. The van der Waals surface area contributed by atoms with Crippen molar-refractivity contribution in [3.8, 4) is 0 Å². The molecule has 0 N–H and O–H groups in total. The molecule has 2 rings (SSSR count). The molecule has 2 heterocycles. The summed E-state index contributed by atoms with van der Waals surface area (Å²) < 4.78 is 1.08. The maximum atomic E-state index is 11.1. The highest BCUT2D eigenvalue weighted by atomic mass is 16.6. The number of fused-ring (bicyclic) bond motifs is 1. The van der Waals surface area contributed by atoms with Crippen molar-refractivity contribution in [1.82, 2.24) is 14.8 Å². The molecule has 0 aliphatic heterocycles. The predicted octanol–water partition coefficient (Wildman–Crippen LogP) is 1.000. The Hall–Kier alpha value is -2.31. The number of pyridine rings is 1. The molecule has 0 saturated heterocycles. The van der Waals surface area contributed by atoms with E-state index in [-0.39, 0.29) is 11.6 Å². The summed E-state index contributed by atoms with van der Waals surface area (Å²) >= 11 is 0. The van der Waals surface area contributed by atoms with E-state index in [1.807, 2.05) is 0 Å². The molecule has 0 radical (unpaired) electrons. The van der Waals surface area contributed by atoms with E-state index in [2.05, 4.69) is 10.1 Å². The van der Waals surface area contributed by atoms with E-state index < -0.39 is 4.92 Å². The number of nitro groups is 1. The standard InChI is InChI=1S/C8H6N4O3/c1-5(13)11-8-2-6(12(14)15)3-9-7(8)4-10-11/h2-4H,1H3. The largest absolute Gasteiger partial charge is 0.289 e. The zero-order chi connectivity index (χ0) is 11.0. The number of rotatable bonds is 1. The molecule has 0 aliphatic rings. The first-order valence-corrected chi connectivity index (χ1v) is 4.08. The molecular weight excluding hydrogens is 200 g/mol. The summed E-state index contributed by atoms with van der Waals surface area (Å²) in [5, 5.41) is 14.3. The highest BCUT2D eigenvalue weighted by Gasteiger charge is 2.12. The molecule has 0 aliphatic carbocycles. The first-order chi connectivity index (χ1) is 7.09. The Kier molecular flexibility index (Phi) is 1.93. The van der Waals surface area contributed by atoms with Gasteiger partial charge in [-0.3, -0.25) is 14.9 Å². The molecule has 2 aromatic rings. The van der Waals surface area contributed by atoms with Crippen molar-refractivity contribution in [3.63, 3.8) is 0 Å². The summed E-state index contributed by atoms with van der Waals surface area (Å²) in [7, 11) is 0. The summed E-state index contributed by atoms with van der Waals surface area (Å²) in [6.07, 6.45) is 2.52. The van der Waals surface area contributed by atoms with Gasteiger partial charge in [-0.25, -0.2) is 4.98 Å². The molecule has 7 heteroatoms. The molecule has 0 saturated carbocycles. The average molecular weight is 206 g/mol. The van der Waals surface area contributed by atoms with Crippen molar-refractivity contribution in [1.29, 1.82) is 0 Å². The molecule has 7 nitrogen and oxygen atoms in total. The first-order valence-electron chi connectivity index (χ1n) is 4.08. The Morgan fingerprint density at radius 1 is 1.53 bits per heavy atom. The van der Waals surface area contributed by atoms with Crippen LogP contribution in [0, 0.1) is 10.1 Å². The van der Waals surface area contributed by atoms with E-state index in [1.54, 1.807) is 0 Å². The minimum atomic E-state index is -0.566. The number of carbonyl (C=O) groups is 1. The second kappa shape index (κ2) is 3.12. The van der Waals surface area contributed by atoms with Crippen LogP contribution in [0.25, 0.3) is 11.0 Å². The van der Waals surface area contributed by atoms with Gasteiger partial charge in [-0.2, -0.15) is 9.78 Å². The summed E-state index contributed by atoms with van der Waals surface area (Å²) in [5.74, 6) is -0.313. The minimum Gasteiger partial charge on any atom is -0.273 e. The van der Waals surface area contributed by atoms with Gasteiger partial charge in [0.25, 0.3) is 5.69 Å². The lowest BCUT2D eigenvalue weighted by Gasteiger charge is -1.95. The summed E-state index contributed by atoms with van der Waals surface area (Å²) in [6.45, 7) is 1.32. The number of nitrogens with zero attached hydrogens (tertiary/aromatic N) is 4. The molecule has 15 heavy (non-hydrogen) atoms. The Morgan fingerprint density at radius 2 is 2.27 bits per heavy atom. The lowest BCUT2D eigenvalue weighted by atomic mass is 10.3. The smallest absolute Gasteiger partial charge is 0.273 e. The Labute approximate surface area is 83.5 Å². The zero-order valence-corrected chi connectivity index (χ0v) is 7.75. The monoisotopic (exact) mass is 206 g/mol. The fourth-order valence-electron chi connectivity index (χ4n) is 1.25. The van der Waals surface area contributed by atoms with Crippen molar-refractivity contribution in [2.75, 3.05) is 0 Å². The van der Waals surface area contributed by atoms with Crippen LogP contribution in [-0.2, 0) is 0 Å². The van der Waals surface area contributed by atoms with Crippen LogP contribution in [0.5, 0.6) is 0 Å². The molecule has 0 aromatic carbocycles. The van der Waals surface area contributed by atoms with Crippen LogP contribution < -0.4 is 0 Å². The summed E-state index contributed by atoms with van der Waals surface area (Å²) in [6, 6.07) is 1.27. The van der Waals surface area contributed by atoms with Crippen molar-refractivity contribution in [2.24, 2.45) is 0 Å². The van der Waals surface area contributed by atoms with Gasteiger partial charge >= 0.3 is 0 Å². The van der Waals surface area contributed by atoms with Crippen LogP contribution >= 0.6 is 0 Å². The fraction of sp³-hybridized carbons (Fsp3) is 0.125. The third kappa shape index (κ3) is 1.43. The van der Waals surface area contributed by atoms with E-state index in [4.69, 9.17) is 0 Å². The third-order valence-electron chi connectivity index (χ3n) is 1.92. The maximum absolute atomic E-state index is 11.1. The van der Waals surface area contributed by atoms with E-state index in [1.165, 1.54) is 19.2 Å². The quantitative estimate of drug-likeness (QED) is 0.512. The van der Waals surface area contributed by atoms with Crippen LogP contribution in [0.2, 0.25) is 0 Å². The van der Waals surface area contributed by atoms with Gasteiger partial charge in [-0.05, 0) is 0 Å². The molecule has 0 fully saturated rings. The van der Waals surface area contributed by atoms with Gasteiger partial charge in [0.05, 0.1) is 11.1 Å². The zero-order valence-electron chi connectivity index (χ0n) is 7.75. The highest BCUT2D eigenvalue weighted by Crippen LogP contribution is 2.17. The van der Waals surface area contributed by atoms with E-state index >= 15 is 0 Å². The first kappa shape index (κ1) is 9.25. The molecule has 0 bridgehead atoms. The van der Waals surface area contributed by atoms with E-state index in [0.29, 0.717) is 11.0 Å². The average Bonchev–Trinajstić information content (AvgIpc) is 2.59. The molecule has 0 amide bonds. The Bertz CT molecular complexity index is 560. The van der Waals surface area contributed by atoms with Crippen molar-refractivity contribution < 1.29 is 9.72 Å². The maximum Gasteiger partial charge on any atom is 0.289 e. The van der Waals surface area contributed by atoms with Gasteiger partial charge < -0.3 is 0 Å². The predicted molar refractivity (Wildman–Crippen MR) is 50.5 cm³/mol. The van der Waals surface area contributed by atoms with Crippen LogP contribution in [0.15, 0.2) is 18.5 Å². The van der Waals surface area contributed by atoms with Gasteiger partial charge in [0.15, 0.2) is 0 Å². The lowest BCUT2D eigenvalue weighted by molar-refractivity contribution is -0.385. The molecule has 2 aromatic heterocycles. The van der Waals surface area contributed by atoms with Gasteiger partial charge in [-0.1, -0.05) is 0 Å². The normalized spacial score (nSPS) is 10.5. The number of aromatic nitrogens is 3. The van der Waals surface area contributed by atoms with Crippen molar-refractivity contribution >= 4 is 22.6 Å². The number of hydrogen-bond donors (Lipinski definition) is 0. The van der Waals surface area contributed by atoms with Gasteiger partial charge in [0.2, 0.25) is 5.91 Å². The van der Waals surface area contributed by atoms with E-state index in [0.717, 1.165) is 10.9 Å². The topological polar surface area (TPSA) is 90.9 Å². The SMILES string of the molecule is CC(=O)n1ncc2ncc([N+](=O)[O-])cc21. The fourth-order valence-corrected chi connectivity index (χ4v) is 1.25. The molecular formula is C8H6N4O3. The van der Waals surface area contributed by atoms with Crippen LogP contribution in [0.4, 0.5) is 5.69 Å². The molecule has 0 spiro atoms. The number of hydrogen-bond acceptors (Lipinski definition) is 5. The summed E-state index contributed by atoms with van der Waals surface area (Å²) in [4.78, 5) is 24.9. The van der Waals surface area contributed by atoms with E-state index in [9.17, 15) is 14.9 Å². The second-order valence-corrected chi connectivity index (χ2v) is 2.93. The van der Waals surface area contributed by atoms with Gasteiger partial charge in [0, 0.05) is 13.0 Å². The molecule has 76 valence electrons. The third-order valence-corrected chi connectivity index (χ3v) is 1.92. The number of carbonyl (C=O) groups excluding carboxylic acids is 1. The van der Waals surface area contributed by atoms with Crippen molar-refractivity contribution in [3.05, 3.63) is 28.6 Å².